The van der Waals surface area contributed by atoms with E-state index in [1.807, 2.05) is 0 Å². The third kappa shape index (κ3) is 8.94. The molecule has 4 aliphatic rings. The molecule has 0 saturated carbocycles. The van der Waals surface area contributed by atoms with Crippen LogP contribution in [0.3, 0.4) is 0 Å². The number of aromatic nitrogens is 1. The minimum atomic E-state index is -1.70. The number of β-lactam (4-membered cyclic amide) rings is 1. The minimum Gasteiger partial charge on any atom is -0.543 e. The van der Waals surface area contributed by atoms with Crippen molar-refractivity contribution in [2.45, 2.75) is 37.8 Å². The summed E-state index contributed by atoms with van der Waals surface area (Å²) in [6, 6.07) is 2.77. The summed E-state index contributed by atoms with van der Waals surface area (Å²) in [6.07, 6.45) is 4.63. The zero-order valence-electron chi connectivity index (χ0n) is 29.5. The summed E-state index contributed by atoms with van der Waals surface area (Å²) in [5.41, 5.74) is 10.1. The van der Waals surface area contributed by atoms with Crippen molar-refractivity contribution >= 4 is 81.3 Å². The number of nitrogens with two attached hydrogens (primary N) is 1. The maximum Gasteiger partial charge on any atom is 1.00 e. The Bertz CT molecular complexity index is 2100. The Morgan fingerprint density at radius 3 is 2.71 bits per heavy atom. The van der Waals surface area contributed by atoms with Gasteiger partial charge in [-0.15, -0.1) is 40.4 Å². The van der Waals surface area contributed by atoms with Gasteiger partial charge in [-0.3, -0.25) is 24.3 Å². The molecule has 2 aromatic rings. The maximum atomic E-state index is 13.6. The quantitative estimate of drug-likeness (QED) is 0.0334. The number of thioether (sulfide) groups is 2. The van der Waals surface area contributed by atoms with Crippen molar-refractivity contribution in [2.24, 2.45) is 15.2 Å². The van der Waals surface area contributed by atoms with Gasteiger partial charge in [0.05, 0.1) is 29.1 Å². The number of allylic oxidation sites excluding steroid dienone is 1. The number of hydrogen-bond donors (Lipinski definition) is 7. The number of aliphatic imine (C=N–C) groups is 1. The molecular weight excluding hydrogens is 790 g/mol. The molecule has 0 spiro atoms. The number of amides is 3. The summed E-state index contributed by atoms with van der Waals surface area (Å²) < 4.78 is 0. The molecule has 8 N–H and O–H groups in total. The molecule has 6 rings (SSSR count). The number of oxime groups is 1. The molecule has 2 atom stereocenters. The van der Waals surface area contributed by atoms with Gasteiger partial charge in [0.2, 0.25) is 5.60 Å². The first-order chi connectivity index (χ1) is 25.7. The molecule has 0 bridgehead atoms. The van der Waals surface area contributed by atoms with E-state index in [-0.39, 0.29) is 75.8 Å². The molecule has 1 aromatic carbocycles. The van der Waals surface area contributed by atoms with Gasteiger partial charge < -0.3 is 41.1 Å². The molecule has 0 radical (unpaired) electrons. The molecule has 5 heterocycles. The molecular formula is C31H32N11NaO9S3. The minimum absolute atomic E-state index is 0. The van der Waals surface area contributed by atoms with E-state index < -0.39 is 46.4 Å². The Kier molecular flexibility index (Phi) is 12.9. The van der Waals surface area contributed by atoms with Crippen LogP contribution < -0.4 is 56.7 Å². The Hall–Kier alpha value is -4.62. The van der Waals surface area contributed by atoms with Crippen LogP contribution in [0.15, 0.2) is 73.2 Å². The van der Waals surface area contributed by atoms with E-state index in [2.05, 4.69) is 36.5 Å². The predicted molar refractivity (Wildman–Crippen MR) is 196 cm³/mol. The second-order valence-corrected chi connectivity index (χ2v) is 15.2. The normalized spacial score (nSPS) is 19.5. The molecule has 20 nitrogen and oxygen atoms in total. The number of nitrogens with zero attached hydrogens (tertiary/aromatic N) is 7. The topological polar surface area (TPSA) is 283 Å². The molecule has 3 amide bonds. The molecule has 0 aliphatic carbocycles. The second kappa shape index (κ2) is 17.0. The number of phenols is 2. The van der Waals surface area contributed by atoms with Gasteiger partial charge in [0.25, 0.3) is 17.7 Å². The third-order valence-corrected chi connectivity index (χ3v) is 11.0. The van der Waals surface area contributed by atoms with Crippen LogP contribution in [0.25, 0.3) is 0 Å². The Labute approximate surface area is 347 Å². The standard InChI is InChI=1S/C31H33N11O9S3.Na/c1-14-6-21(42-20(34-14)9-40(13-43)39-42)52-10-16-11-53-27-23(26(47)41(27)24(16)28(48)49)36-25(46)22(17-12-54-30(32)35-17)38-51-31(2,3)29(50)37-33-8-15-4-5-18(44)19(45)7-15;/h4-9,12,23,27,39,43-45H,10-11,13H2,1-3H3,(H2,32,35)(H,36,46)(H,37,50)(H,48,49);/q;+1/p-1/b33-8+,38-22-;/t23?,27-;/m1./s1. The molecule has 24 heteroatoms. The summed E-state index contributed by atoms with van der Waals surface area (Å²) in [4.78, 5) is 67.5. The van der Waals surface area contributed by atoms with Gasteiger partial charge in [-0.2, -0.15) is 5.10 Å². The monoisotopic (exact) mass is 821 g/mol. The number of aliphatic hydroxyl groups excluding tert-OH is 1. The van der Waals surface area contributed by atoms with Crippen molar-refractivity contribution < 1.29 is 74.0 Å². The van der Waals surface area contributed by atoms with Gasteiger partial charge >= 0.3 is 29.6 Å². The molecule has 1 aromatic heterocycles. The van der Waals surface area contributed by atoms with Crippen molar-refractivity contribution in [3.05, 3.63) is 69.2 Å². The summed E-state index contributed by atoms with van der Waals surface area (Å²) in [7, 11) is 0. The van der Waals surface area contributed by atoms with E-state index in [0.29, 0.717) is 27.7 Å². The first-order valence-corrected chi connectivity index (χ1v) is 18.7. The van der Waals surface area contributed by atoms with Gasteiger partial charge in [-0.05, 0) is 56.2 Å². The van der Waals surface area contributed by atoms with Crippen molar-refractivity contribution in [1.82, 2.24) is 36.2 Å². The number of aliphatic carboxylic acids is 1. The number of benzene rings is 1. The van der Waals surface area contributed by atoms with Crippen molar-refractivity contribution in [2.75, 3.05) is 24.0 Å². The molecule has 1 fully saturated rings. The van der Waals surface area contributed by atoms with Gasteiger partial charge in [-0.25, -0.2) is 20.4 Å². The number of rotatable bonds is 13. The van der Waals surface area contributed by atoms with Crippen molar-refractivity contribution in [1.29, 1.82) is 0 Å². The smallest absolute Gasteiger partial charge is 0.543 e. The molecule has 55 heavy (non-hydrogen) atoms. The maximum absolute atomic E-state index is 13.6. The fraction of sp³-hybridized carbons (Fsp3) is 0.290. The van der Waals surface area contributed by atoms with Gasteiger partial charge in [-0.1, -0.05) is 5.16 Å². The molecule has 4 aliphatic heterocycles. The largest absolute Gasteiger partial charge is 1.00 e. The zero-order valence-corrected chi connectivity index (χ0v) is 34.0. The fourth-order valence-corrected chi connectivity index (χ4v) is 8.26. The number of hydrazine groups is 2. The Morgan fingerprint density at radius 1 is 1.27 bits per heavy atom. The fourth-order valence-electron chi connectivity index (χ4n) is 5.16. The second-order valence-electron chi connectivity index (χ2n) is 12.2. The number of carbonyl (C=O) groups excluding carboxylic acids is 4. The van der Waals surface area contributed by atoms with Crippen molar-refractivity contribution in [3.8, 4) is 11.5 Å². The number of carboxylic acid groups (broad SMARTS) is 1. The van der Waals surface area contributed by atoms with E-state index >= 15 is 0 Å². The zero-order chi connectivity index (χ0) is 38.9. The number of carbonyl (C=O) groups is 4. The van der Waals surface area contributed by atoms with Crippen LogP contribution in [0.1, 0.15) is 32.0 Å². The molecule has 1 unspecified atom stereocenters. The van der Waals surface area contributed by atoms with Crippen molar-refractivity contribution in [3.63, 3.8) is 0 Å². The van der Waals surface area contributed by atoms with Gasteiger partial charge in [0, 0.05) is 22.6 Å². The number of thiazole rings is 1. The number of hydrogen-bond acceptors (Lipinski definition) is 20. The van der Waals surface area contributed by atoms with Crippen LogP contribution >= 0.6 is 34.9 Å². The number of fused-ring (bicyclic) bond motifs is 2. The number of hydrazone groups is 1. The third-order valence-electron chi connectivity index (χ3n) is 7.92. The summed E-state index contributed by atoms with van der Waals surface area (Å²) in [5, 5.41) is 55.8. The number of nitrogen functional groups attached to an aromatic ring is 1. The SMILES string of the molecule is CC1=NC2=CN(CO)NN2C(SCC2=C(C(=O)[O-])N3C(=O)C(NC(=O)/C(=N\OC(C)(C)C(=O)N/N=C/c4ccc(O)c(O)c4)c4csc(N)n4)[C@H]3SC2)=C1.[Na+]. The first-order valence-electron chi connectivity index (χ1n) is 15.7. The predicted octanol–water partition coefficient (Wildman–Crippen LogP) is -3.97. The van der Waals surface area contributed by atoms with E-state index in [4.69, 9.17) is 10.6 Å². The number of anilines is 1. The van der Waals surface area contributed by atoms with E-state index in [1.54, 1.807) is 24.2 Å². The Morgan fingerprint density at radius 2 is 2.04 bits per heavy atom. The number of aromatic hydroxyl groups is 2. The summed E-state index contributed by atoms with van der Waals surface area (Å²) in [6.45, 7) is 4.21. The number of phenolic OH excluding ortho intramolecular Hbond substituents is 2. The molecule has 284 valence electrons. The average Bonchev–Trinajstić information content (AvgIpc) is 3.76. The first kappa shape index (κ1) is 41.5. The van der Waals surface area contributed by atoms with Crippen LogP contribution in [0, 0.1) is 0 Å². The number of nitrogens with one attached hydrogen (secondary N) is 3. The van der Waals surface area contributed by atoms with E-state index in [0.717, 1.165) is 16.2 Å². The van der Waals surface area contributed by atoms with Gasteiger partial charge in [0.15, 0.2) is 28.2 Å². The Balaban J connectivity index is 0.00000580. The van der Waals surface area contributed by atoms with Crippen LogP contribution in [0.2, 0.25) is 0 Å². The number of carboxylic acids is 1. The van der Waals surface area contributed by atoms with Crippen LogP contribution in [-0.2, 0) is 24.0 Å². The summed E-state index contributed by atoms with van der Waals surface area (Å²) >= 11 is 3.56. The average molecular weight is 822 g/mol. The van der Waals surface area contributed by atoms with E-state index in [9.17, 15) is 39.6 Å². The van der Waals surface area contributed by atoms with Crippen LogP contribution in [0.5, 0.6) is 11.5 Å². The van der Waals surface area contributed by atoms with Gasteiger partial charge in [0.1, 0.15) is 23.8 Å². The van der Waals surface area contributed by atoms with E-state index in [1.165, 1.54) is 72.2 Å². The molecule has 1 saturated heterocycles. The number of aliphatic hydroxyl groups is 1. The van der Waals surface area contributed by atoms with Crippen LogP contribution in [-0.4, -0.2) is 112 Å². The van der Waals surface area contributed by atoms with Crippen LogP contribution in [0.4, 0.5) is 5.13 Å². The summed E-state index contributed by atoms with van der Waals surface area (Å²) in [5.74, 6) is -3.68.